The molecule has 2 aliphatic heterocycles. The van der Waals surface area contributed by atoms with Crippen molar-refractivity contribution in [3.63, 3.8) is 0 Å². The van der Waals surface area contributed by atoms with E-state index in [0.29, 0.717) is 22.1 Å². The van der Waals surface area contributed by atoms with Gasteiger partial charge >= 0.3 is 0 Å². The quantitative estimate of drug-likeness (QED) is 0.604. The van der Waals surface area contributed by atoms with Gasteiger partial charge < -0.3 is 10.1 Å². The Bertz CT molecular complexity index is 1390. The van der Waals surface area contributed by atoms with Gasteiger partial charge in [0.05, 0.1) is 10.9 Å². The predicted molar refractivity (Wildman–Crippen MR) is 113 cm³/mol. The van der Waals surface area contributed by atoms with E-state index in [1.165, 1.54) is 17.4 Å². The van der Waals surface area contributed by atoms with Gasteiger partial charge in [0, 0.05) is 29.4 Å². The Morgan fingerprint density at radius 2 is 1.97 bits per heavy atom. The second-order valence-corrected chi connectivity index (χ2v) is 6.92. The van der Waals surface area contributed by atoms with Gasteiger partial charge in [0.25, 0.3) is 5.91 Å². The molecule has 0 radical (unpaired) electrons. The van der Waals surface area contributed by atoms with E-state index < -0.39 is 0 Å². The van der Waals surface area contributed by atoms with Crippen LogP contribution in [0.4, 0.5) is 5.82 Å². The van der Waals surface area contributed by atoms with E-state index in [4.69, 9.17) is 9.73 Å². The molecule has 3 heterocycles. The molecular weight excluding hydrogens is 394 g/mol. The minimum Gasteiger partial charge on any atom is -0.489 e. The number of benzene rings is 2. The van der Waals surface area contributed by atoms with E-state index in [0.717, 1.165) is 10.9 Å². The van der Waals surface area contributed by atoms with E-state index >= 15 is 0 Å². The molecule has 0 spiro atoms. The summed E-state index contributed by atoms with van der Waals surface area (Å²) in [6.45, 7) is 0.253. The van der Waals surface area contributed by atoms with Crippen LogP contribution >= 0.6 is 0 Å². The number of nitrogens with one attached hydrogen (secondary N) is 1. The molecule has 2 bridgehead atoms. The first-order chi connectivity index (χ1) is 15.2. The number of aromatic nitrogens is 2. The van der Waals surface area contributed by atoms with Crippen LogP contribution in [0.25, 0.3) is 17.1 Å². The monoisotopic (exact) mass is 411 g/mol. The number of para-hydroxylation sites is 1. The molecule has 5 rings (SSSR count). The van der Waals surface area contributed by atoms with E-state index in [1.807, 2.05) is 42.5 Å². The van der Waals surface area contributed by atoms with Gasteiger partial charge in [-0.25, -0.2) is 15.0 Å². The molecule has 0 saturated carbocycles. The molecule has 2 amide bonds. The lowest BCUT2D eigenvalue weighted by atomic mass is 10.2. The third-order valence-electron chi connectivity index (χ3n) is 4.93. The van der Waals surface area contributed by atoms with Gasteiger partial charge in [-0.05, 0) is 36.4 Å². The standard InChI is InChI=1S/C23H17N5O3/c29-21-9-8-20-23(30)24-10-3-11-31-16-6-7-19-17(12-16)22(26-14-25-19)27-18-5-2-1-4-15(18)13-28(20)21/h1-8,10,12-14H,9,11H2,(H,24,30)/b10-3-,15-13-,27-18-. The fraction of sp³-hybridized carbons (Fsp3) is 0.0870. The summed E-state index contributed by atoms with van der Waals surface area (Å²) >= 11 is 0. The maximum Gasteiger partial charge on any atom is 0.271 e. The first kappa shape index (κ1) is 18.7. The molecule has 1 aromatic heterocycles. The van der Waals surface area contributed by atoms with Gasteiger partial charge in [-0.15, -0.1) is 0 Å². The van der Waals surface area contributed by atoms with Crippen LogP contribution in [0.3, 0.4) is 0 Å². The fourth-order valence-electron chi connectivity index (χ4n) is 3.41. The number of amides is 2. The van der Waals surface area contributed by atoms with Gasteiger partial charge in [-0.3, -0.25) is 14.5 Å². The van der Waals surface area contributed by atoms with Crippen LogP contribution in [0.15, 0.2) is 77.8 Å². The SMILES string of the molecule is O=C1N/C=C\COc2ccc3ncnc(c3c2)/N=c2/cccc/c2=C/N2C(=O)CC=C12. The summed E-state index contributed by atoms with van der Waals surface area (Å²) in [5.41, 5.74) is 1.01. The summed E-state index contributed by atoms with van der Waals surface area (Å²) in [4.78, 5) is 39.8. The molecule has 152 valence electrons. The lowest BCUT2D eigenvalue weighted by Crippen LogP contribution is -2.34. The van der Waals surface area contributed by atoms with Crippen LogP contribution < -0.4 is 20.6 Å². The van der Waals surface area contributed by atoms with Gasteiger partial charge in [0.15, 0.2) is 5.82 Å². The lowest BCUT2D eigenvalue weighted by Gasteiger charge is -2.14. The summed E-state index contributed by atoms with van der Waals surface area (Å²) in [5, 5.41) is 4.72. The predicted octanol–water partition coefficient (Wildman–Crippen LogP) is 1.46. The maximum atomic E-state index is 12.6. The zero-order chi connectivity index (χ0) is 21.2. The molecule has 0 atom stereocenters. The lowest BCUT2D eigenvalue weighted by molar-refractivity contribution is -0.127. The van der Waals surface area contributed by atoms with Gasteiger partial charge in [-0.2, -0.15) is 0 Å². The van der Waals surface area contributed by atoms with Crippen molar-refractivity contribution in [2.24, 2.45) is 4.99 Å². The first-order valence-electron chi connectivity index (χ1n) is 9.70. The van der Waals surface area contributed by atoms with E-state index in [2.05, 4.69) is 15.3 Å². The van der Waals surface area contributed by atoms with Gasteiger partial charge in [-0.1, -0.05) is 18.2 Å². The number of hydrogen-bond donors (Lipinski definition) is 1. The van der Waals surface area contributed by atoms with Gasteiger partial charge in [0.2, 0.25) is 5.91 Å². The van der Waals surface area contributed by atoms with E-state index in [-0.39, 0.29) is 30.5 Å². The zero-order valence-electron chi connectivity index (χ0n) is 16.4. The summed E-state index contributed by atoms with van der Waals surface area (Å²) in [6.07, 6.45) is 8.05. The third-order valence-corrected chi connectivity index (χ3v) is 4.93. The molecule has 0 saturated heterocycles. The topological polar surface area (TPSA) is 96.8 Å². The van der Waals surface area contributed by atoms with E-state index in [9.17, 15) is 9.59 Å². The van der Waals surface area contributed by atoms with Crippen LogP contribution in [0.2, 0.25) is 0 Å². The second-order valence-electron chi connectivity index (χ2n) is 6.92. The average molecular weight is 411 g/mol. The summed E-state index contributed by atoms with van der Waals surface area (Å²) in [5.74, 6) is 0.557. The van der Waals surface area contributed by atoms with Crippen molar-refractivity contribution in [2.45, 2.75) is 6.42 Å². The van der Waals surface area contributed by atoms with Crippen molar-refractivity contribution in [1.82, 2.24) is 20.2 Å². The first-order valence-corrected chi connectivity index (χ1v) is 9.70. The van der Waals surface area contributed by atoms with Crippen molar-refractivity contribution in [3.8, 4) is 5.75 Å². The molecule has 2 aromatic carbocycles. The number of rotatable bonds is 0. The molecule has 1 N–H and O–H groups in total. The van der Waals surface area contributed by atoms with Crippen LogP contribution in [-0.2, 0) is 9.59 Å². The Morgan fingerprint density at radius 1 is 1.06 bits per heavy atom. The molecule has 0 fully saturated rings. The van der Waals surface area contributed by atoms with Crippen LogP contribution in [0.1, 0.15) is 6.42 Å². The summed E-state index contributed by atoms with van der Waals surface area (Å²) in [6, 6.07) is 12.9. The third kappa shape index (κ3) is 3.66. The molecule has 8 heteroatoms. The number of nitrogens with zero attached hydrogens (tertiary/aromatic N) is 4. The highest BCUT2D eigenvalue weighted by Crippen LogP contribution is 2.26. The Labute approximate surface area is 176 Å². The van der Waals surface area contributed by atoms with Crippen molar-refractivity contribution >= 4 is 34.7 Å². The van der Waals surface area contributed by atoms with Crippen molar-refractivity contribution in [2.75, 3.05) is 6.61 Å². The Morgan fingerprint density at radius 3 is 2.90 bits per heavy atom. The molecule has 2 aliphatic rings. The molecule has 0 aliphatic carbocycles. The smallest absolute Gasteiger partial charge is 0.271 e. The molecule has 3 aromatic rings. The maximum absolute atomic E-state index is 12.6. The Balaban J connectivity index is 1.75. The highest BCUT2D eigenvalue weighted by molar-refractivity contribution is 6.03. The normalized spacial score (nSPS) is 19.2. The zero-order valence-corrected chi connectivity index (χ0v) is 16.4. The van der Waals surface area contributed by atoms with Crippen LogP contribution in [-0.4, -0.2) is 33.3 Å². The largest absolute Gasteiger partial charge is 0.489 e. The molecular formula is C23H17N5O3. The molecule has 31 heavy (non-hydrogen) atoms. The minimum atomic E-state index is -0.376. The average Bonchev–Trinajstić information content (AvgIpc) is 3.14. The van der Waals surface area contributed by atoms with Crippen molar-refractivity contribution in [1.29, 1.82) is 0 Å². The molecule has 8 nitrogen and oxygen atoms in total. The number of fused-ring (bicyclic) bond motifs is 3. The Kier molecular flexibility index (Phi) is 4.72. The molecule has 0 unspecified atom stereocenters. The summed E-state index contributed by atoms with van der Waals surface area (Å²) in [7, 11) is 0. The highest BCUT2D eigenvalue weighted by atomic mass is 16.5. The number of ether oxygens (including phenoxy) is 1. The highest BCUT2D eigenvalue weighted by Gasteiger charge is 2.26. The van der Waals surface area contributed by atoms with Crippen molar-refractivity contribution < 1.29 is 14.3 Å². The van der Waals surface area contributed by atoms with E-state index in [1.54, 1.807) is 18.4 Å². The number of carbonyl (C=O) groups excluding carboxylic acids is 2. The van der Waals surface area contributed by atoms with Crippen LogP contribution in [0.5, 0.6) is 5.75 Å². The second kappa shape index (κ2) is 7.83. The number of hydrogen-bond acceptors (Lipinski definition) is 6. The van der Waals surface area contributed by atoms with Crippen LogP contribution in [0, 0.1) is 0 Å². The summed E-state index contributed by atoms with van der Waals surface area (Å²) < 4.78 is 5.76. The fourth-order valence-corrected chi connectivity index (χ4v) is 3.41. The van der Waals surface area contributed by atoms with Crippen molar-refractivity contribution in [3.05, 3.63) is 83.4 Å². The van der Waals surface area contributed by atoms with Gasteiger partial charge in [0.1, 0.15) is 24.4 Å². The Hall–Kier alpha value is -4.33. The minimum absolute atomic E-state index is 0.157. The number of carbonyl (C=O) groups is 2.